The van der Waals surface area contributed by atoms with Gasteiger partial charge < -0.3 is 15.5 Å². The van der Waals surface area contributed by atoms with E-state index in [9.17, 15) is 15.0 Å². The first-order valence-corrected chi connectivity index (χ1v) is 24.7. The van der Waals surface area contributed by atoms with Crippen LogP contribution in [0, 0.1) is 0 Å². The zero-order valence-corrected chi connectivity index (χ0v) is 36.6. The molecule has 0 aliphatic rings. The molecule has 4 heteroatoms. The van der Waals surface area contributed by atoms with Crippen LogP contribution in [0.2, 0.25) is 0 Å². The second-order valence-electron chi connectivity index (χ2n) is 17.3. The van der Waals surface area contributed by atoms with E-state index in [-0.39, 0.29) is 12.5 Å². The average molecular weight is 750 g/mol. The number of amides is 1. The molecule has 0 aromatic carbocycles. The van der Waals surface area contributed by atoms with Crippen molar-refractivity contribution >= 4 is 5.91 Å². The highest BCUT2D eigenvalue weighted by Crippen LogP contribution is 2.18. The molecular formula is C49H99NO3. The zero-order valence-electron chi connectivity index (χ0n) is 36.6. The van der Waals surface area contributed by atoms with Gasteiger partial charge in [-0.25, -0.2) is 0 Å². The number of hydrogen-bond donors (Lipinski definition) is 3. The lowest BCUT2D eigenvalue weighted by atomic mass is 10.0. The fourth-order valence-electron chi connectivity index (χ4n) is 8.07. The summed E-state index contributed by atoms with van der Waals surface area (Å²) in [5, 5.41) is 22.7. The quantitative estimate of drug-likeness (QED) is 0.0543. The van der Waals surface area contributed by atoms with E-state index in [0.717, 1.165) is 32.1 Å². The molecule has 4 nitrogen and oxygen atoms in total. The smallest absolute Gasteiger partial charge is 0.220 e. The Morgan fingerprint density at radius 1 is 0.377 bits per heavy atom. The number of aliphatic hydroxyl groups excluding tert-OH is 2. The normalized spacial score (nSPS) is 12.8. The highest BCUT2D eigenvalue weighted by molar-refractivity contribution is 5.76. The molecule has 0 heterocycles. The van der Waals surface area contributed by atoms with Gasteiger partial charge in [-0.15, -0.1) is 0 Å². The lowest BCUT2D eigenvalue weighted by Crippen LogP contribution is -2.45. The number of nitrogens with one attached hydrogen (secondary N) is 1. The standard InChI is InChI=1S/C49H99NO3/c1-3-5-7-9-10-11-12-13-14-15-16-17-18-19-20-21-22-23-24-25-26-27-28-29-30-31-32-33-34-35-36-37-38-39-40-41-43-45-49(53)50-47(46-51)48(52)44-42-8-6-4-2/h47-48,51-52H,3-46H2,1-2H3,(H,50,53). The van der Waals surface area contributed by atoms with E-state index in [1.165, 1.54) is 231 Å². The topological polar surface area (TPSA) is 69.6 Å². The first kappa shape index (κ1) is 52.4. The van der Waals surface area contributed by atoms with Crippen molar-refractivity contribution in [1.82, 2.24) is 5.32 Å². The van der Waals surface area contributed by atoms with Crippen LogP contribution in [0.1, 0.15) is 290 Å². The number of carbonyl (C=O) groups excluding carboxylic acids is 1. The van der Waals surface area contributed by atoms with Crippen LogP contribution in [0.3, 0.4) is 0 Å². The van der Waals surface area contributed by atoms with Crippen molar-refractivity contribution in [2.24, 2.45) is 0 Å². The molecule has 53 heavy (non-hydrogen) atoms. The Labute approximate surface area is 334 Å². The summed E-state index contributed by atoms with van der Waals surface area (Å²) in [6.45, 7) is 4.28. The van der Waals surface area contributed by atoms with Gasteiger partial charge in [-0.3, -0.25) is 4.79 Å². The van der Waals surface area contributed by atoms with Crippen LogP contribution < -0.4 is 5.32 Å². The second kappa shape index (κ2) is 45.8. The van der Waals surface area contributed by atoms with Crippen molar-refractivity contribution in [1.29, 1.82) is 0 Å². The highest BCUT2D eigenvalue weighted by Gasteiger charge is 2.19. The van der Waals surface area contributed by atoms with E-state index < -0.39 is 12.1 Å². The van der Waals surface area contributed by atoms with Crippen LogP contribution in [0.4, 0.5) is 0 Å². The van der Waals surface area contributed by atoms with Gasteiger partial charge in [0.25, 0.3) is 0 Å². The molecule has 0 aromatic heterocycles. The fraction of sp³-hybridized carbons (Fsp3) is 0.980. The van der Waals surface area contributed by atoms with Gasteiger partial charge in [0.05, 0.1) is 18.8 Å². The number of rotatable bonds is 46. The van der Waals surface area contributed by atoms with Crippen molar-refractivity contribution in [2.45, 2.75) is 302 Å². The van der Waals surface area contributed by atoms with E-state index in [0.29, 0.717) is 12.8 Å². The fourth-order valence-corrected chi connectivity index (χ4v) is 8.07. The molecule has 2 unspecified atom stereocenters. The van der Waals surface area contributed by atoms with E-state index in [4.69, 9.17) is 0 Å². The van der Waals surface area contributed by atoms with E-state index in [2.05, 4.69) is 19.2 Å². The Morgan fingerprint density at radius 2 is 0.604 bits per heavy atom. The Bertz CT molecular complexity index is 685. The third-order valence-corrected chi connectivity index (χ3v) is 11.9. The molecule has 1 amide bonds. The van der Waals surface area contributed by atoms with Gasteiger partial charge in [0.2, 0.25) is 5.91 Å². The lowest BCUT2D eigenvalue weighted by Gasteiger charge is -2.22. The van der Waals surface area contributed by atoms with Gasteiger partial charge in [0.15, 0.2) is 0 Å². The van der Waals surface area contributed by atoms with Crippen molar-refractivity contribution in [3.8, 4) is 0 Å². The molecule has 0 saturated carbocycles. The van der Waals surface area contributed by atoms with Gasteiger partial charge in [0.1, 0.15) is 0 Å². The highest BCUT2D eigenvalue weighted by atomic mass is 16.3. The molecule has 0 aliphatic carbocycles. The first-order chi connectivity index (χ1) is 26.2. The van der Waals surface area contributed by atoms with Crippen LogP contribution in [0.15, 0.2) is 0 Å². The number of aliphatic hydroxyl groups is 2. The van der Waals surface area contributed by atoms with E-state index in [1.54, 1.807) is 0 Å². The lowest BCUT2D eigenvalue weighted by molar-refractivity contribution is -0.123. The molecule has 0 radical (unpaired) electrons. The summed E-state index contributed by atoms with van der Waals surface area (Å²) in [5.41, 5.74) is 0. The predicted octanol–water partition coefficient (Wildman–Crippen LogP) is 15.6. The summed E-state index contributed by atoms with van der Waals surface area (Å²) in [7, 11) is 0. The molecule has 0 bridgehead atoms. The molecule has 0 aromatic rings. The maximum atomic E-state index is 12.2. The number of hydrogen-bond acceptors (Lipinski definition) is 3. The van der Waals surface area contributed by atoms with Gasteiger partial charge in [-0.1, -0.05) is 271 Å². The van der Waals surface area contributed by atoms with Crippen molar-refractivity contribution < 1.29 is 15.0 Å². The third kappa shape index (κ3) is 42.4. The number of unbranched alkanes of at least 4 members (excludes halogenated alkanes) is 39. The predicted molar refractivity (Wildman–Crippen MR) is 235 cm³/mol. The molecule has 0 rings (SSSR count). The summed E-state index contributed by atoms with van der Waals surface area (Å²) in [4.78, 5) is 12.2. The molecule has 0 aliphatic heterocycles. The molecule has 0 fully saturated rings. The Kier molecular flexibility index (Phi) is 45.3. The van der Waals surface area contributed by atoms with Gasteiger partial charge in [-0.05, 0) is 12.8 Å². The van der Waals surface area contributed by atoms with Gasteiger partial charge >= 0.3 is 0 Å². The van der Waals surface area contributed by atoms with Crippen molar-refractivity contribution in [2.75, 3.05) is 6.61 Å². The maximum absolute atomic E-state index is 12.2. The van der Waals surface area contributed by atoms with Gasteiger partial charge in [0, 0.05) is 6.42 Å². The molecule has 0 saturated heterocycles. The number of carbonyl (C=O) groups is 1. The largest absolute Gasteiger partial charge is 0.394 e. The minimum Gasteiger partial charge on any atom is -0.394 e. The zero-order chi connectivity index (χ0) is 38.6. The van der Waals surface area contributed by atoms with E-state index in [1.807, 2.05) is 0 Å². The summed E-state index contributed by atoms with van der Waals surface area (Å²) < 4.78 is 0. The average Bonchev–Trinajstić information content (AvgIpc) is 3.16. The van der Waals surface area contributed by atoms with Gasteiger partial charge in [-0.2, -0.15) is 0 Å². The molecular weight excluding hydrogens is 651 g/mol. The maximum Gasteiger partial charge on any atom is 0.220 e. The summed E-state index contributed by atoms with van der Waals surface area (Å²) >= 11 is 0. The summed E-state index contributed by atoms with van der Waals surface area (Å²) in [5.74, 6) is -0.0343. The SMILES string of the molecule is CCCCCCCCCCCCCCCCCCCCCCCCCCCCCCCCCCCCCCCC(=O)NC(CO)C(O)CCCCCC. The van der Waals surface area contributed by atoms with Crippen molar-refractivity contribution in [3.63, 3.8) is 0 Å². The third-order valence-electron chi connectivity index (χ3n) is 11.9. The van der Waals surface area contributed by atoms with Crippen molar-refractivity contribution in [3.05, 3.63) is 0 Å². The monoisotopic (exact) mass is 750 g/mol. The van der Waals surface area contributed by atoms with E-state index >= 15 is 0 Å². The Balaban J connectivity index is 3.22. The molecule has 3 N–H and O–H groups in total. The summed E-state index contributed by atoms with van der Waals surface area (Å²) in [6, 6.07) is -0.526. The van der Waals surface area contributed by atoms with Crippen LogP contribution >= 0.6 is 0 Å². The van der Waals surface area contributed by atoms with Crippen LogP contribution in [0.25, 0.3) is 0 Å². The van der Waals surface area contributed by atoms with Crippen LogP contribution in [0.5, 0.6) is 0 Å². The molecule has 318 valence electrons. The molecule has 2 atom stereocenters. The summed E-state index contributed by atoms with van der Waals surface area (Å²) in [6.07, 6.45) is 57.2. The Hall–Kier alpha value is -0.610. The second-order valence-corrected chi connectivity index (χ2v) is 17.3. The first-order valence-electron chi connectivity index (χ1n) is 24.7. The van der Waals surface area contributed by atoms with Crippen LogP contribution in [-0.2, 0) is 4.79 Å². The Morgan fingerprint density at radius 3 is 0.849 bits per heavy atom. The van der Waals surface area contributed by atoms with Crippen LogP contribution in [-0.4, -0.2) is 34.9 Å². The molecule has 0 spiro atoms. The minimum absolute atomic E-state index is 0.0343. The minimum atomic E-state index is -0.649.